The lowest BCUT2D eigenvalue weighted by molar-refractivity contribution is 0.0677. The van der Waals surface area contributed by atoms with Crippen molar-refractivity contribution in [3.8, 4) is 11.5 Å². The molecule has 1 heterocycles. The second-order valence-corrected chi connectivity index (χ2v) is 4.02. The van der Waals surface area contributed by atoms with Crippen LogP contribution in [0.4, 0.5) is 10.5 Å². The highest BCUT2D eigenvalue weighted by Gasteiger charge is 2.31. The Labute approximate surface area is 116 Å². The quantitative estimate of drug-likeness (QED) is 0.907. The third kappa shape index (κ3) is 2.34. The number of carbonyl (C=O) groups is 2. The van der Waals surface area contributed by atoms with Crippen LogP contribution in [0.3, 0.4) is 0 Å². The van der Waals surface area contributed by atoms with Gasteiger partial charge in [-0.2, -0.15) is 0 Å². The van der Waals surface area contributed by atoms with Crippen LogP contribution in [0.15, 0.2) is 12.1 Å². The van der Waals surface area contributed by atoms with Crippen LogP contribution in [-0.2, 0) is 4.74 Å². The van der Waals surface area contributed by atoms with E-state index in [2.05, 4.69) is 5.32 Å². The molecule has 0 unspecified atom stereocenters. The van der Waals surface area contributed by atoms with Gasteiger partial charge in [0.2, 0.25) is 0 Å². The van der Waals surface area contributed by atoms with E-state index < -0.39 is 12.0 Å². The molecule has 7 heteroatoms. The number of fused-ring (bicyclic) bond motifs is 1. The number of benzene rings is 1. The zero-order chi connectivity index (χ0) is 14.7. The van der Waals surface area contributed by atoms with Gasteiger partial charge in [-0.05, 0) is 13.0 Å². The molecule has 1 aromatic carbocycles. The summed E-state index contributed by atoms with van der Waals surface area (Å²) in [5, 5.41) is 2.98. The zero-order valence-corrected chi connectivity index (χ0v) is 11.6. The summed E-state index contributed by atoms with van der Waals surface area (Å²) in [4.78, 5) is 25.0. The highest BCUT2D eigenvalue weighted by Crippen LogP contribution is 2.35. The number of ether oxygens (including phenoxy) is 3. The largest absolute Gasteiger partial charge is 0.493 e. The number of rotatable bonds is 3. The lowest BCUT2D eigenvalue weighted by Gasteiger charge is -2.28. The van der Waals surface area contributed by atoms with Gasteiger partial charge in [0.1, 0.15) is 6.67 Å². The Morgan fingerprint density at radius 2 is 1.95 bits per heavy atom. The molecule has 20 heavy (non-hydrogen) atoms. The molecule has 0 fully saturated rings. The molecule has 0 radical (unpaired) electrons. The minimum atomic E-state index is -0.676. The number of hydrogen-bond donors (Lipinski definition) is 1. The minimum absolute atomic E-state index is 0.0557. The maximum absolute atomic E-state index is 12.3. The predicted octanol–water partition coefficient (Wildman–Crippen LogP) is 1.69. The number of imide groups is 1. The summed E-state index contributed by atoms with van der Waals surface area (Å²) in [6, 6.07) is 3.20. The Bertz CT molecular complexity index is 544. The van der Waals surface area contributed by atoms with E-state index in [0.29, 0.717) is 22.7 Å². The van der Waals surface area contributed by atoms with Gasteiger partial charge in [0.25, 0.3) is 5.91 Å². The second-order valence-electron chi connectivity index (χ2n) is 4.02. The van der Waals surface area contributed by atoms with Crippen molar-refractivity contribution in [3.63, 3.8) is 0 Å². The van der Waals surface area contributed by atoms with E-state index in [9.17, 15) is 9.59 Å². The molecule has 108 valence electrons. The van der Waals surface area contributed by atoms with Gasteiger partial charge in [0, 0.05) is 6.07 Å². The average molecular weight is 280 g/mol. The summed E-state index contributed by atoms with van der Waals surface area (Å²) in [6.45, 7) is 1.95. The smallest absolute Gasteiger partial charge is 0.418 e. The third-order valence-corrected chi connectivity index (χ3v) is 2.92. The van der Waals surface area contributed by atoms with Gasteiger partial charge in [-0.25, -0.2) is 9.69 Å². The van der Waals surface area contributed by atoms with Crippen molar-refractivity contribution in [2.24, 2.45) is 0 Å². The van der Waals surface area contributed by atoms with Crippen molar-refractivity contribution >= 4 is 17.7 Å². The van der Waals surface area contributed by atoms with Crippen LogP contribution in [0, 0.1) is 0 Å². The lowest BCUT2D eigenvalue weighted by Crippen LogP contribution is -2.44. The molecule has 1 aromatic rings. The number of nitrogens with zero attached hydrogens (tertiary/aromatic N) is 1. The normalized spacial score (nSPS) is 13.3. The molecule has 1 aliphatic rings. The summed E-state index contributed by atoms with van der Waals surface area (Å²) in [6.07, 6.45) is -0.676. The van der Waals surface area contributed by atoms with Crippen molar-refractivity contribution in [1.29, 1.82) is 0 Å². The fourth-order valence-electron chi connectivity index (χ4n) is 1.93. The van der Waals surface area contributed by atoms with Crippen molar-refractivity contribution in [1.82, 2.24) is 4.90 Å². The number of amides is 2. The number of carbonyl (C=O) groups excluding carboxylic acids is 2. The van der Waals surface area contributed by atoms with E-state index in [1.165, 1.54) is 20.3 Å². The molecule has 0 atom stereocenters. The molecule has 0 aromatic heterocycles. The van der Waals surface area contributed by atoms with Gasteiger partial charge in [-0.15, -0.1) is 0 Å². The van der Waals surface area contributed by atoms with Crippen LogP contribution in [0.5, 0.6) is 11.5 Å². The Morgan fingerprint density at radius 1 is 1.30 bits per heavy atom. The summed E-state index contributed by atoms with van der Waals surface area (Å²) in [7, 11) is 2.99. The predicted molar refractivity (Wildman–Crippen MR) is 71.2 cm³/mol. The van der Waals surface area contributed by atoms with Crippen molar-refractivity contribution in [2.45, 2.75) is 6.92 Å². The van der Waals surface area contributed by atoms with E-state index in [0.717, 1.165) is 4.90 Å². The van der Waals surface area contributed by atoms with Gasteiger partial charge in [0.05, 0.1) is 32.1 Å². The Kier molecular flexibility index (Phi) is 3.97. The molecule has 2 rings (SSSR count). The summed E-state index contributed by atoms with van der Waals surface area (Å²) in [5.74, 6) is 0.501. The molecule has 1 N–H and O–H groups in total. The standard InChI is InChI=1S/C13H16N2O5/c1-4-20-13(17)15-7-14-9-6-11(19-3)10(18-2)5-8(9)12(15)16/h5-6,14H,4,7H2,1-3H3. The second kappa shape index (κ2) is 5.68. The molecule has 0 bridgehead atoms. The molecule has 0 aliphatic carbocycles. The monoisotopic (exact) mass is 280 g/mol. The average Bonchev–Trinajstić information content (AvgIpc) is 2.46. The maximum atomic E-state index is 12.3. The van der Waals surface area contributed by atoms with E-state index in [1.54, 1.807) is 13.0 Å². The highest BCUT2D eigenvalue weighted by atomic mass is 16.6. The van der Waals surface area contributed by atoms with Crippen LogP contribution >= 0.6 is 0 Å². The topological polar surface area (TPSA) is 77.1 Å². The number of nitrogens with one attached hydrogen (secondary N) is 1. The highest BCUT2D eigenvalue weighted by molar-refractivity contribution is 6.08. The Morgan fingerprint density at radius 3 is 2.55 bits per heavy atom. The van der Waals surface area contributed by atoms with Crippen molar-refractivity contribution in [2.75, 3.05) is 32.8 Å². The summed E-state index contributed by atoms with van der Waals surface area (Å²) >= 11 is 0. The molecule has 7 nitrogen and oxygen atoms in total. The van der Waals surface area contributed by atoms with E-state index >= 15 is 0 Å². The molecule has 0 saturated heterocycles. The van der Waals surface area contributed by atoms with Gasteiger partial charge in [-0.1, -0.05) is 0 Å². The number of anilines is 1. The lowest BCUT2D eigenvalue weighted by atomic mass is 10.1. The Hall–Kier alpha value is -2.44. The fourth-order valence-corrected chi connectivity index (χ4v) is 1.93. The summed E-state index contributed by atoms with van der Waals surface area (Å²) < 4.78 is 15.2. The SMILES string of the molecule is CCOC(=O)N1CNc2cc(OC)c(OC)cc2C1=O. The van der Waals surface area contributed by atoms with E-state index in [1.807, 2.05) is 0 Å². The van der Waals surface area contributed by atoms with Crippen LogP contribution in [-0.4, -0.2) is 44.4 Å². The van der Waals surface area contributed by atoms with Crippen molar-refractivity contribution in [3.05, 3.63) is 17.7 Å². The molecule has 0 spiro atoms. The van der Waals surface area contributed by atoms with Crippen LogP contribution in [0.2, 0.25) is 0 Å². The fraction of sp³-hybridized carbons (Fsp3) is 0.385. The number of methoxy groups -OCH3 is 2. The minimum Gasteiger partial charge on any atom is -0.493 e. The molecule has 1 aliphatic heterocycles. The first-order valence-electron chi connectivity index (χ1n) is 6.10. The molecule has 2 amide bonds. The summed E-state index contributed by atoms with van der Waals surface area (Å²) in [5.41, 5.74) is 0.926. The van der Waals surface area contributed by atoms with Gasteiger partial charge in [0.15, 0.2) is 11.5 Å². The molecular weight excluding hydrogens is 264 g/mol. The first-order chi connectivity index (χ1) is 9.62. The zero-order valence-electron chi connectivity index (χ0n) is 11.6. The van der Waals surface area contributed by atoms with Gasteiger partial charge in [-0.3, -0.25) is 4.79 Å². The third-order valence-electron chi connectivity index (χ3n) is 2.92. The molecule has 0 saturated carbocycles. The van der Waals surface area contributed by atoms with Crippen molar-refractivity contribution < 1.29 is 23.8 Å². The first-order valence-corrected chi connectivity index (χ1v) is 6.10. The number of hydrogen-bond acceptors (Lipinski definition) is 6. The van der Waals surface area contributed by atoms with E-state index in [-0.39, 0.29) is 13.3 Å². The van der Waals surface area contributed by atoms with Crippen LogP contribution < -0.4 is 14.8 Å². The first kappa shape index (κ1) is 14.0. The van der Waals surface area contributed by atoms with Gasteiger partial charge < -0.3 is 19.5 Å². The van der Waals surface area contributed by atoms with Crippen LogP contribution in [0.1, 0.15) is 17.3 Å². The van der Waals surface area contributed by atoms with Crippen LogP contribution in [0.25, 0.3) is 0 Å². The van der Waals surface area contributed by atoms with E-state index in [4.69, 9.17) is 14.2 Å². The maximum Gasteiger partial charge on any atom is 0.418 e. The Balaban J connectivity index is 2.36. The molecular formula is C13H16N2O5. The van der Waals surface area contributed by atoms with Gasteiger partial charge >= 0.3 is 6.09 Å².